The quantitative estimate of drug-likeness (QED) is 0.0262. The lowest BCUT2D eigenvalue weighted by molar-refractivity contribution is -0.167. The van der Waals surface area contributed by atoms with Crippen molar-refractivity contribution in [2.75, 3.05) is 13.2 Å². The van der Waals surface area contributed by atoms with E-state index in [4.69, 9.17) is 14.2 Å². The van der Waals surface area contributed by atoms with Gasteiger partial charge < -0.3 is 14.2 Å². The van der Waals surface area contributed by atoms with Crippen LogP contribution in [-0.2, 0) is 28.6 Å². The SMILES string of the molecule is CCCCC/C=C\C/C=C\C/C=C\C/C=C\CCCCCC(=O)OC[C@H](COC(=O)CCCCCC/C=C\C/C=C\C/C=C\CCCCC)OC(=O)CCCCCCC/C=C\C/C=C\CCCCC. The van der Waals surface area contributed by atoms with E-state index in [9.17, 15) is 14.4 Å². The van der Waals surface area contributed by atoms with E-state index in [1.54, 1.807) is 0 Å². The van der Waals surface area contributed by atoms with E-state index >= 15 is 0 Å². The molecule has 0 unspecified atom stereocenters. The second kappa shape index (κ2) is 56.7. The third kappa shape index (κ3) is 54.9. The Morgan fingerprint density at radius 1 is 0.290 bits per heavy atom. The molecule has 0 spiro atoms. The van der Waals surface area contributed by atoms with E-state index in [0.29, 0.717) is 19.3 Å². The average Bonchev–Trinajstić information content (AvgIpc) is 3.35. The second-order valence-corrected chi connectivity index (χ2v) is 18.5. The van der Waals surface area contributed by atoms with Crippen LogP contribution in [0.3, 0.4) is 0 Å². The van der Waals surface area contributed by atoms with Crippen LogP contribution in [0.2, 0.25) is 0 Å². The Hall–Kier alpha value is -3.93. The fourth-order valence-corrected chi connectivity index (χ4v) is 7.40. The number of allylic oxidation sites excluding steroid dienone is 18. The summed E-state index contributed by atoms with van der Waals surface area (Å²) in [7, 11) is 0. The van der Waals surface area contributed by atoms with Crippen LogP contribution in [0, 0.1) is 0 Å². The van der Waals surface area contributed by atoms with Crippen LogP contribution < -0.4 is 0 Å². The molecule has 0 amide bonds. The Bertz CT molecular complexity index is 1420. The zero-order chi connectivity index (χ0) is 50.0. The molecule has 0 saturated carbocycles. The predicted molar refractivity (Wildman–Crippen MR) is 297 cm³/mol. The van der Waals surface area contributed by atoms with Gasteiger partial charge in [0, 0.05) is 19.3 Å². The Labute approximate surface area is 425 Å². The van der Waals surface area contributed by atoms with Crippen molar-refractivity contribution >= 4 is 17.9 Å². The topological polar surface area (TPSA) is 78.9 Å². The average molecular weight is 958 g/mol. The van der Waals surface area contributed by atoms with Crippen molar-refractivity contribution in [1.82, 2.24) is 0 Å². The van der Waals surface area contributed by atoms with Crippen molar-refractivity contribution in [2.24, 2.45) is 0 Å². The molecule has 0 aromatic carbocycles. The minimum absolute atomic E-state index is 0.108. The molecule has 0 bridgehead atoms. The molecule has 0 aliphatic rings. The highest BCUT2D eigenvalue weighted by Gasteiger charge is 2.19. The zero-order valence-electron chi connectivity index (χ0n) is 44.8. The van der Waals surface area contributed by atoms with Gasteiger partial charge in [0.15, 0.2) is 6.10 Å². The molecule has 0 heterocycles. The Balaban J connectivity index is 4.52. The molecule has 0 saturated heterocycles. The normalized spacial score (nSPS) is 12.9. The van der Waals surface area contributed by atoms with Crippen molar-refractivity contribution in [3.63, 3.8) is 0 Å². The maximum atomic E-state index is 12.8. The number of carbonyl (C=O) groups is 3. The van der Waals surface area contributed by atoms with Crippen LogP contribution in [0.1, 0.15) is 252 Å². The number of esters is 3. The highest BCUT2D eigenvalue weighted by Crippen LogP contribution is 2.13. The fraction of sp³-hybridized carbons (Fsp3) is 0.667. The molecule has 0 aromatic rings. The smallest absolute Gasteiger partial charge is 0.306 e. The summed E-state index contributed by atoms with van der Waals surface area (Å²) in [6.45, 7) is 6.49. The number of hydrogen-bond donors (Lipinski definition) is 0. The molecule has 0 rings (SSSR count). The number of hydrogen-bond acceptors (Lipinski definition) is 6. The summed E-state index contributed by atoms with van der Waals surface area (Å²) in [6, 6.07) is 0. The molecule has 0 aliphatic heterocycles. The van der Waals surface area contributed by atoms with Crippen LogP contribution in [0.25, 0.3) is 0 Å². The summed E-state index contributed by atoms with van der Waals surface area (Å²) >= 11 is 0. The van der Waals surface area contributed by atoms with Crippen molar-refractivity contribution in [2.45, 2.75) is 258 Å². The summed E-state index contributed by atoms with van der Waals surface area (Å²) in [5.41, 5.74) is 0. The molecule has 0 N–H and O–H groups in total. The molecule has 69 heavy (non-hydrogen) atoms. The molecule has 0 aliphatic carbocycles. The monoisotopic (exact) mass is 957 g/mol. The predicted octanol–water partition coefficient (Wildman–Crippen LogP) is 19.1. The summed E-state index contributed by atoms with van der Waals surface area (Å²) in [6.07, 6.45) is 76.4. The van der Waals surface area contributed by atoms with Crippen molar-refractivity contribution in [3.05, 3.63) is 109 Å². The van der Waals surface area contributed by atoms with Gasteiger partial charge in [-0.15, -0.1) is 0 Å². The molecule has 0 fully saturated rings. The molecule has 6 nitrogen and oxygen atoms in total. The first-order valence-corrected chi connectivity index (χ1v) is 28.4. The Morgan fingerprint density at radius 3 is 0.826 bits per heavy atom. The van der Waals surface area contributed by atoms with E-state index < -0.39 is 6.10 Å². The first kappa shape index (κ1) is 65.1. The van der Waals surface area contributed by atoms with Gasteiger partial charge in [0.1, 0.15) is 13.2 Å². The van der Waals surface area contributed by atoms with Gasteiger partial charge in [0.2, 0.25) is 0 Å². The van der Waals surface area contributed by atoms with Crippen molar-refractivity contribution < 1.29 is 28.6 Å². The minimum Gasteiger partial charge on any atom is -0.462 e. The second-order valence-electron chi connectivity index (χ2n) is 18.5. The summed E-state index contributed by atoms with van der Waals surface area (Å²) in [5.74, 6) is -0.973. The van der Waals surface area contributed by atoms with Gasteiger partial charge in [-0.05, 0) is 135 Å². The zero-order valence-corrected chi connectivity index (χ0v) is 44.8. The Kier molecular flexibility index (Phi) is 53.4. The van der Waals surface area contributed by atoms with E-state index in [2.05, 4.69) is 130 Å². The lowest BCUT2D eigenvalue weighted by atomic mass is 10.1. The third-order valence-corrected chi connectivity index (χ3v) is 11.7. The number of carbonyl (C=O) groups excluding carboxylic acids is 3. The fourth-order valence-electron chi connectivity index (χ4n) is 7.40. The summed E-state index contributed by atoms with van der Waals surface area (Å²) in [4.78, 5) is 38.1. The van der Waals surface area contributed by atoms with E-state index in [-0.39, 0.29) is 31.1 Å². The van der Waals surface area contributed by atoms with E-state index in [0.717, 1.165) is 135 Å². The largest absolute Gasteiger partial charge is 0.462 e. The lowest BCUT2D eigenvalue weighted by Crippen LogP contribution is -2.30. The van der Waals surface area contributed by atoms with Crippen LogP contribution in [0.5, 0.6) is 0 Å². The van der Waals surface area contributed by atoms with Gasteiger partial charge in [-0.3, -0.25) is 14.4 Å². The van der Waals surface area contributed by atoms with Gasteiger partial charge >= 0.3 is 17.9 Å². The highest BCUT2D eigenvalue weighted by atomic mass is 16.6. The van der Waals surface area contributed by atoms with Crippen LogP contribution in [0.4, 0.5) is 0 Å². The third-order valence-electron chi connectivity index (χ3n) is 11.7. The minimum atomic E-state index is -0.811. The van der Waals surface area contributed by atoms with E-state index in [1.807, 2.05) is 0 Å². The van der Waals surface area contributed by atoms with E-state index in [1.165, 1.54) is 77.0 Å². The molecule has 392 valence electrons. The molecular weight excluding hydrogens is 853 g/mol. The first-order chi connectivity index (χ1) is 34.0. The van der Waals surface area contributed by atoms with Crippen molar-refractivity contribution in [3.8, 4) is 0 Å². The van der Waals surface area contributed by atoms with Gasteiger partial charge in [0.05, 0.1) is 0 Å². The molecular formula is C63H104O6. The van der Waals surface area contributed by atoms with Gasteiger partial charge in [-0.2, -0.15) is 0 Å². The lowest BCUT2D eigenvalue weighted by Gasteiger charge is -2.18. The van der Waals surface area contributed by atoms with Crippen LogP contribution in [0.15, 0.2) is 109 Å². The Morgan fingerprint density at radius 2 is 0.522 bits per heavy atom. The van der Waals surface area contributed by atoms with Crippen molar-refractivity contribution in [1.29, 1.82) is 0 Å². The maximum absolute atomic E-state index is 12.8. The van der Waals surface area contributed by atoms with Gasteiger partial charge in [-0.1, -0.05) is 207 Å². The van der Waals surface area contributed by atoms with Crippen LogP contribution in [-0.4, -0.2) is 37.2 Å². The maximum Gasteiger partial charge on any atom is 0.306 e. The number of unbranched alkanes of at least 4 members (excludes halogenated alkanes) is 21. The van der Waals surface area contributed by atoms with Crippen LogP contribution >= 0.6 is 0 Å². The molecule has 0 aromatic heterocycles. The number of ether oxygens (including phenoxy) is 3. The summed E-state index contributed by atoms with van der Waals surface area (Å²) in [5, 5.41) is 0. The summed E-state index contributed by atoms with van der Waals surface area (Å²) < 4.78 is 16.8. The molecule has 1 atom stereocenters. The first-order valence-electron chi connectivity index (χ1n) is 28.4. The standard InChI is InChI=1S/C63H104O6/c1-4-7-10-13-16-19-22-25-28-30-31-33-36-38-41-44-47-50-53-56-62(65)68-59-60(69-63(66)57-54-51-48-45-42-39-34-27-24-21-18-15-12-9-6-3)58-67-61(64)55-52-49-46-43-40-37-35-32-29-26-23-20-17-14-11-8-5-2/h16-21,25-29,31,33-35,37-38,41,60H,4-15,22-24,30,32,36,39-40,42-59H2,1-3H3/b19-16-,20-17-,21-18-,28-25-,29-26-,33-31-,34-27-,37-35-,41-38-/t60-/m0/s1. The molecule has 0 radical (unpaired) electrons. The number of rotatable bonds is 50. The molecule has 6 heteroatoms. The van der Waals surface area contributed by atoms with Gasteiger partial charge in [-0.25, -0.2) is 0 Å². The highest BCUT2D eigenvalue weighted by molar-refractivity contribution is 5.71. The van der Waals surface area contributed by atoms with Gasteiger partial charge in [0.25, 0.3) is 0 Å².